The monoisotopic (exact) mass is 221 g/mol. The van der Waals surface area contributed by atoms with Gasteiger partial charge in [0.2, 0.25) is 0 Å². The largest absolute Gasteiger partial charge is 0.380 e. The van der Waals surface area contributed by atoms with Gasteiger partial charge in [0.15, 0.2) is 0 Å². The van der Waals surface area contributed by atoms with Gasteiger partial charge in [-0.05, 0) is 32.8 Å². The lowest BCUT2D eigenvalue weighted by Crippen LogP contribution is -2.31. The zero-order chi connectivity index (χ0) is 11.8. The smallest absolute Gasteiger partial charge is 0.0590 e. The molecule has 16 heavy (non-hydrogen) atoms. The van der Waals surface area contributed by atoms with E-state index in [1.807, 2.05) is 6.92 Å². The molecule has 1 aromatic carbocycles. The van der Waals surface area contributed by atoms with Crippen molar-refractivity contribution in [1.29, 1.82) is 0 Å². The van der Waals surface area contributed by atoms with Crippen molar-refractivity contribution in [2.45, 2.75) is 33.2 Å². The van der Waals surface area contributed by atoms with Gasteiger partial charge in [-0.3, -0.25) is 0 Å². The molecule has 1 aromatic rings. The first-order valence-electron chi connectivity index (χ1n) is 6.09. The van der Waals surface area contributed by atoms with Crippen LogP contribution in [0.2, 0.25) is 0 Å². The average Bonchev–Trinajstić information content (AvgIpc) is 2.28. The second kappa shape index (κ2) is 7.42. The number of nitrogens with one attached hydrogen (secondary N) is 1. The Morgan fingerprint density at radius 2 is 1.94 bits per heavy atom. The summed E-state index contributed by atoms with van der Waals surface area (Å²) in [6.07, 6.45) is 1.08. The zero-order valence-corrected chi connectivity index (χ0v) is 10.6. The van der Waals surface area contributed by atoms with E-state index in [9.17, 15) is 0 Å². The fraction of sp³-hybridized carbons (Fsp3) is 0.571. The van der Waals surface area contributed by atoms with E-state index in [2.05, 4.69) is 43.4 Å². The first kappa shape index (κ1) is 13.2. The van der Waals surface area contributed by atoms with Crippen molar-refractivity contribution in [3.8, 4) is 0 Å². The molecule has 1 N–H and O–H groups in total. The molecule has 1 unspecified atom stereocenters. The van der Waals surface area contributed by atoms with Crippen molar-refractivity contribution >= 4 is 0 Å². The summed E-state index contributed by atoms with van der Waals surface area (Å²) in [6.45, 7) is 8.89. The second-order valence-electron chi connectivity index (χ2n) is 4.24. The van der Waals surface area contributed by atoms with Crippen LogP contribution in [-0.2, 0) is 11.2 Å². The predicted octanol–water partition coefficient (Wildman–Crippen LogP) is 2.55. The van der Waals surface area contributed by atoms with Gasteiger partial charge >= 0.3 is 0 Å². The highest BCUT2D eigenvalue weighted by molar-refractivity contribution is 5.21. The van der Waals surface area contributed by atoms with E-state index in [-0.39, 0.29) is 0 Å². The molecular weight excluding hydrogens is 198 g/mol. The van der Waals surface area contributed by atoms with Crippen LogP contribution in [0.25, 0.3) is 0 Å². The normalized spacial score (nSPS) is 12.7. The van der Waals surface area contributed by atoms with Crippen LogP contribution in [-0.4, -0.2) is 25.8 Å². The molecule has 0 heterocycles. The van der Waals surface area contributed by atoms with Gasteiger partial charge in [-0.2, -0.15) is 0 Å². The van der Waals surface area contributed by atoms with Gasteiger partial charge in [0.05, 0.1) is 6.61 Å². The quantitative estimate of drug-likeness (QED) is 0.714. The topological polar surface area (TPSA) is 21.3 Å². The van der Waals surface area contributed by atoms with Gasteiger partial charge in [-0.1, -0.05) is 29.8 Å². The molecular formula is C14H23NO. The van der Waals surface area contributed by atoms with Crippen molar-refractivity contribution in [3.05, 3.63) is 35.4 Å². The summed E-state index contributed by atoms with van der Waals surface area (Å²) in [5.74, 6) is 0. The van der Waals surface area contributed by atoms with Crippen LogP contribution in [0.5, 0.6) is 0 Å². The van der Waals surface area contributed by atoms with E-state index in [1.54, 1.807) is 0 Å². The summed E-state index contributed by atoms with van der Waals surface area (Å²) in [5, 5.41) is 3.46. The van der Waals surface area contributed by atoms with E-state index < -0.39 is 0 Å². The van der Waals surface area contributed by atoms with Crippen molar-refractivity contribution in [3.63, 3.8) is 0 Å². The molecule has 0 saturated heterocycles. The maximum atomic E-state index is 5.29. The zero-order valence-electron chi connectivity index (χ0n) is 10.6. The summed E-state index contributed by atoms with van der Waals surface area (Å²) >= 11 is 0. The highest BCUT2D eigenvalue weighted by Crippen LogP contribution is 2.05. The Morgan fingerprint density at radius 3 is 2.56 bits per heavy atom. The molecule has 0 aliphatic heterocycles. The molecule has 2 heteroatoms. The van der Waals surface area contributed by atoms with Gasteiger partial charge in [0, 0.05) is 19.2 Å². The standard InChI is InChI=1S/C14H23NO/c1-4-16-10-9-15-13(3)11-14-7-5-12(2)6-8-14/h5-8,13,15H,4,9-11H2,1-3H3. The number of hydrogen-bond donors (Lipinski definition) is 1. The van der Waals surface area contributed by atoms with Crippen LogP contribution in [0, 0.1) is 6.92 Å². The lowest BCUT2D eigenvalue weighted by Gasteiger charge is -2.13. The van der Waals surface area contributed by atoms with Crippen LogP contribution in [0.3, 0.4) is 0 Å². The summed E-state index contributed by atoms with van der Waals surface area (Å²) in [7, 11) is 0. The van der Waals surface area contributed by atoms with Gasteiger partial charge in [0.1, 0.15) is 0 Å². The summed E-state index contributed by atoms with van der Waals surface area (Å²) in [5.41, 5.74) is 2.71. The molecule has 0 aliphatic carbocycles. The third-order valence-corrected chi connectivity index (χ3v) is 2.61. The molecule has 0 aliphatic rings. The molecule has 1 atom stereocenters. The Labute approximate surface area is 99.0 Å². The number of benzene rings is 1. The minimum absolute atomic E-state index is 0.503. The fourth-order valence-corrected chi connectivity index (χ4v) is 1.67. The van der Waals surface area contributed by atoms with E-state index in [4.69, 9.17) is 4.74 Å². The van der Waals surface area contributed by atoms with Gasteiger partial charge < -0.3 is 10.1 Å². The minimum Gasteiger partial charge on any atom is -0.380 e. The van der Waals surface area contributed by atoms with Gasteiger partial charge in [-0.25, -0.2) is 0 Å². The van der Waals surface area contributed by atoms with Gasteiger partial charge in [0.25, 0.3) is 0 Å². The molecule has 0 spiro atoms. The molecule has 1 rings (SSSR count). The number of hydrogen-bond acceptors (Lipinski definition) is 2. The average molecular weight is 221 g/mol. The molecule has 0 aromatic heterocycles. The summed E-state index contributed by atoms with van der Waals surface area (Å²) in [6, 6.07) is 9.25. The first-order valence-corrected chi connectivity index (χ1v) is 6.09. The Hall–Kier alpha value is -0.860. The Bertz CT molecular complexity index is 281. The highest BCUT2D eigenvalue weighted by atomic mass is 16.5. The van der Waals surface area contributed by atoms with Crippen molar-refractivity contribution < 1.29 is 4.74 Å². The minimum atomic E-state index is 0.503. The van der Waals surface area contributed by atoms with Crippen LogP contribution < -0.4 is 5.32 Å². The summed E-state index contributed by atoms with van der Waals surface area (Å²) < 4.78 is 5.29. The molecule has 0 bridgehead atoms. The van der Waals surface area contributed by atoms with E-state index in [0.29, 0.717) is 6.04 Å². The molecule has 0 amide bonds. The second-order valence-corrected chi connectivity index (χ2v) is 4.24. The number of ether oxygens (including phenoxy) is 1. The van der Waals surface area contributed by atoms with Crippen LogP contribution in [0.15, 0.2) is 24.3 Å². The van der Waals surface area contributed by atoms with Crippen LogP contribution in [0.1, 0.15) is 25.0 Å². The molecule has 90 valence electrons. The van der Waals surface area contributed by atoms with E-state index >= 15 is 0 Å². The predicted molar refractivity (Wildman–Crippen MR) is 68.8 cm³/mol. The van der Waals surface area contributed by atoms with Crippen molar-refractivity contribution in [1.82, 2.24) is 5.32 Å². The number of rotatable bonds is 7. The highest BCUT2D eigenvalue weighted by Gasteiger charge is 2.02. The van der Waals surface area contributed by atoms with Crippen LogP contribution >= 0.6 is 0 Å². The maximum absolute atomic E-state index is 5.29. The Balaban J connectivity index is 2.23. The van der Waals surface area contributed by atoms with E-state index in [0.717, 1.165) is 26.2 Å². The summed E-state index contributed by atoms with van der Waals surface area (Å²) in [4.78, 5) is 0. The Kier molecular flexibility index (Phi) is 6.12. The third kappa shape index (κ3) is 5.29. The molecule has 2 nitrogen and oxygen atoms in total. The van der Waals surface area contributed by atoms with Crippen molar-refractivity contribution in [2.24, 2.45) is 0 Å². The number of aryl methyl sites for hydroxylation is 1. The Morgan fingerprint density at radius 1 is 1.25 bits per heavy atom. The first-order chi connectivity index (χ1) is 7.72. The molecule has 0 saturated carbocycles. The maximum Gasteiger partial charge on any atom is 0.0590 e. The van der Waals surface area contributed by atoms with E-state index in [1.165, 1.54) is 11.1 Å². The lowest BCUT2D eigenvalue weighted by atomic mass is 10.1. The fourth-order valence-electron chi connectivity index (χ4n) is 1.67. The molecule has 0 fully saturated rings. The SMILES string of the molecule is CCOCCNC(C)Cc1ccc(C)cc1. The lowest BCUT2D eigenvalue weighted by molar-refractivity contribution is 0.147. The molecule has 0 radical (unpaired) electrons. The van der Waals surface area contributed by atoms with Crippen molar-refractivity contribution in [2.75, 3.05) is 19.8 Å². The third-order valence-electron chi connectivity index (χ3n) is 2.61. The van der Waals surface area contributed by atoms with Crippen LogP contribution in [0.4, 0.5) is 0 Å². The van der Waals surface area contributed by atoms with Gasteiger partial charge in [-0.15, -0.1) is 0 Å².